The van der Waals surface area contributed by atoms with Gasteiger partial charge in [-0.1, -0.05) is 11.6 Å². The number of carbonyl (C=O) groups is 1. The molecule has 0 saturated carbocycles. The van der Waals surface area contributed by atoms with E-state index in [1.165, 1.54) is 18.2 Å². The Morgan fingerprint density at radius 2 is 2.20 bits per heavy atom. The van der Waals surface area contributed by atoms with Crippen molar-refractivity contribution in [2.24, 2.45) is 0 Å². The van der Waals surface area contributed by atoms with E-state index in [9.17, 15) is 9.90 Å². The molecule has 1 aliphatic heterocycles. The maximum absolute atomic E-state index is 11.8. The second kappa shape index (κ2) is 7.47. The number of hydrogen-bond acceptors (Lipinski definition) is 4. The minimum Gasteiger partial charge on any atom is -0.506 e. The minimum atomic E-state index is -0.221. The topological polar surface area (TPSA) is 70.6 Å². The fourth-order valence-corrected chi connectivity index (χ4v) is 2.28. The lowest BCUT2D eigenvalue weighted by Gasteiger charge is -2.22. The van der Waals surface area contributed by atoms with E-state index < -0.39 is 0 Å². The van der Waals surface area contributed by atoms with Gasteiger partial charge in [0.25, 0.3) is 5.91 Å². The van der Waals surface area contributed by atoms with Crippen molar-refractivity contribution in [2.75, 3.05) is 26.2 Å². The second-order valence-electron chi connectivity index (χ2n) is 4.74. The van der Waals surface area contributed by atoms with Gasteiger partial charge in [-0.05, 0) is 44.1 Å². The van der Waals surface area contributed by atoms with E-state index in [0.717, 1.165) is 25.9 Å². The van der Waals surface area contributed by atoms with Crippen LogP contribution in [0.15, 0.2) is 18.2 Å². The maximum atomic E-state index is 11.8. The van der Waals surface area contributed by atoms with Crippen LogP contribution in [0.3, 0.4) is 0 Å². The molecule has 0 spiro atoms. The molecule has 0 unspecified atom stereocenters. The number of hydrogen-bond donors (Lipinski definition) is 3. The van der Waals surface area contributed by atoms with Crippen LogP contribution in [-0.2, 0) is 4.74 Å². The lowest BCUT2D eigenvalue weighted by molar-refractivity contribution is 0.0343. The van der Waals surface area contributed by atoms with Gasteiger partial charge in [0.2, 0.25) is 0 Å². The molecule has 1 aromatic rings. The summed E-state index contributed by atoms with van der Waals surface area (Å²) in [5.41, 5.74) is 0.426. The minimum absolute atomic E-state index is 0.0301. The molecule has 0 atom stereocenters. The van der Waals surface area contributed by atoms with Crippen LogP contribution in [0.25, 0.3) is 0 Å². The Balaban J connectivity index is 1.70. The van der Waals surface area contributed by atoms with Crippen molar-refractivity contribution < 1.29 is 14.6 Å². The van der Waals surface area contributed by atoms with Gasteiger partial charge in [-0.2, -0.15) is 0 Å². The lowest BCUT2D eigenvalue weighted by Crippen LogP contribution is -2.34. The number of rotatable bonds is 5. The summed E-state index contributed by atoms with van der Waals surface area (Å²) in [6.07, 6.45) is 2.32. The standard InChI is InChI=1S/C14H19ClN2O3/c15-12-9-10(1-2-13(12)18)14(19)17-7-8-20-11-3-5-16-6-4-11/h1-2,9,11,16,18H,3-8H2,(H,17,19). The van der Waals surface area contributed by atoms with E-state index in [4.69, 9.17) is 16.3 Å². The van der Waals surface area contributed by atoms with Crippen molar-refractivity contribution in [3.63, 3.8) is 0 Å². The maximum Gasteiger partial charge on any atom is 0.251 e. The molecule has 3 N–H and O–H groups in total. The third kappa shape index (κ3) is 4.37. The van der Waals surface area contributed by atoms with E-state index in [-0.39, 0.29) is 22.8 Å². The molecule has 0 aliphatic carbocycles. The zero-order chi connectivity index (χ0) is 14.4. The summed E-state index contributed by atoms with van der Waals surface area (Å²) in [6.45, 7) is 2.94. The molecule has 0 bridgehead atoms. The summed E-state index contributed by atoms with van der Waals surface area (Å²) in [5.74, 6) is -0.252. The fraction of sp³-hybridized carbons (Fsp3) is 0.500. The number of carbonyl (C=O) groups excluding carboxylic acids is 1. The van der Waals surface area contributed by atoms with Crippen LogP contribution in [0.2, 0.25) is 5.02 Å². The van der Waals surface area contributed by atoms with Crippen LogP contribution in [-0.4, -0.2) is 43.4 Å². The Morgan fingerprint density at radius 1 is 1.45 bits per heavy atom. The first-order valence-electron chi connectivity index (χ1n) is 6.76. The molecule has 1 heterocycles. The van der Waals surface area contributed by atoms with Gasteiger partial charge in [0.05, 0.1) is 17.7 Å². The Labute approximate surface area is 123 Å². The molecule has 0 radical (unpaired) electrons. The number of benzene rings is 1. The molecule has 1 aromatic carbocycles. The number of phenols is 1. The highest BCUT2D eigenvalue weighted by Gasteiger charge is 2.13. The third-order valence-electron chi connectivity index (χ3n) is 3.24. The van der Waals surface area contributed by atoms with Crippen molar-refractivity contribution in [1.82, 2.24) is 10.6 Å². The van der Waals surface area contributed by atoms with Crippen molar-refractivity contribution in [3.8, 4) is 5.75 Å². The summed E-state index contributed by atoms with van der Waals surface area (Å²) < 4.78 is 5.69. The highest BCUT2D eigenvalue weighted by Crippen LogP contribution is 2.23. The highest BCUT2D eigenvalue weighted by atomic mass is 35.5. The summed E-state index contributed by atoms with van der Waals surface area (Å²) in [5, 5.41) is 15.5. The van der Waals surface area contributed by atoms with Gasteiger partial charge < -0.3 is 20.5 Å². The third-order valence-corrected chi connectivity index (χ3v) is 3.54. The number of phenolic OH excluding ortho intramolecular Hbond substituents is 1. The average Bonchev–Trinajstić information content (AvgIpc) is 2.47. The molecule has 1 amide bonds. The van der Waals surface area contributed by atoms with E-state index in [1.54, 1.807) is 0 Å². The van der Waals surface area contributed by atoms with Crippen LogP contribution < -0.4 is 10.6 Å². The van der Waals surface area contributed by atoms with E-state index in [0.29, 0.717) is 18.7 Å². The van der Waals surface area contributed by atoms with Crippen molar-refractivity contribution in [2.45, 2.75) is 18.9 Å². The molecular formula is C14H19ClN2O3. The predicted molar refractivity (Wildman–Crippen MR) is 77.3 cm³/mol. The normalized spacial score (nSPS) is 16.1. The van der Waals surface area contributed by atoms with Gasteiger partial charge in [0, 0.05) is 12.1 Å². The first kappa shape index (κ1) is 15.1. The second-order valence-corrected chi connectivity index (χ2v) is 5.15. The Bertz CT molecular complexity index is 462. The lowest BCUT2D eigenvalue weighted by atomic mass is 10.1. The van der Waals surface area contributed by atoms with Gasteiger partial charge in [0.15, 0.2) is 0 Å². The Hall–Kier alpha value is -1.30. The number of amides is 1. The molecule has 1 aliphatic rings. The molecule has 6 heteroatoms. The monoisotopic (exact) mass is 298 g/mol. The van der Waals surface area contributed by atoms with Crippen LogP contribution in [0.5, 0.6) is 5.75 Å². The van der Waals surface area contributed by atoms with E-state index >= 15 is 0 Å². The Kier molecular flexibility index (Phi) is 5.64. The van der Waals surface area contributed by atoms with Crippen molar-refractivity contribution in [1.29, 1.82) is 0 Å². The van der Waals surface area contributed by atoms with Gasteiger partial charge in [-0.15, -0.1) is 0 Å². The molecular weight excluding hydrogens is 280 g/mol. The number of aromatic hydroxyl groups is 1. The van der Waals surface area contributed by atoms with Crippen molar-refractivity contribution >= 4 is 17.5 Å². The van der Waals surface area contributed by atoms with E-state index in [2.05, 4.69) is 10.6 Å². The number of ether oxygens (including phenoxy) is 1. The zero-order valence-electron chi connectivity index (χ0n) is 11.2. The molecule has 2 rings (SSSR count). The molecule has 110 valence electrons. The highest BCUT2D eigenvalue weighted by molar-refractivity contribution is 6.32. The summed E-state index contributed by atoms with van der Waals surface area (Å²) >= 11 is 5.76. The van der Waals surface area contributed by atoms with Crippen LogP contribution in [0, 0.1) is 0 Å². The number of nitrogens with one attached hydrogen (secondary N) is 2. The van der Waals surface area contributed by atoms with E-state index in [1.807, 2.05) is 0 Å². The largest absolute Gasteiger partial charge is 0.506 e. The van der Waals surface area contributed by atoms with Gasteiger partial charge in [-0.25, -0.2) is 0 Å². The van der Waals surface area contributed by atoms with Crippen LogP contribution >= 0.6 is 11.6 Å². The smallest absolute Gasteiger partial charge is 0.251 e. The van der Waals surface area contributed by atoms with Crippen molar-refractivity contribution in [3.05, 3.63) is 28.8 Å². The average molecular weight is 299 g/mol. The predicted octanol–water partition coefficient (Wildman–Crippen LogP) is 1.54. The van der Waals surface area contributed by atoms with Gasteiger partial charge >= 0.3 is 0 Å². The summed E-state index contributed by atoms with van der Waals surface area (Å²) in [6, 6.07) is 4.38. The molecule has 1 saturated heterocycles. The van der Waals surface area contributed by atoms with Crippen LogP contribution in [0.4, 0.5) is 0 Å². The molecule has 20 heavy (non-hydrogen) atoms. The first-order chi connectivity index (χ1) is 9.66. The SMILES string of the molecule is O=C(NCCOC1CCNCC1)c1ccc(O)c(Cl)c1. The number of halogens is 1. The molecule has 1 fully saturated rings. The quantitative estimate of drug-likeness (QED) is 0.721. The fourth-order valence-electron chi connectivity index (χ4n) is 2.10. The summed E-state index contributed by atoms with van der Waals surface area (Å²) in [7, 11) is 0. The molecule has 5 nitrogen and oxygen atoms in total. The number of piperidine rings is 1. The Morgan fingerprint density at radius 3 is 2.90 bits per heavy atom. The molecule has 0 aromatic heterocycles. The summed E-state index contributed by atoms with van der Waals surface area (Å²) in [4.78, 5) is 11.8. The van der Waals surface area contributed by atoms with Gasteiger partial charge in [-0.3, -0.25) is 4.79 Å². The zero-order valence-corrected chi connectivity index (χ0v) is 11.9. The first-order valence-corrected chi connectivity index (χ1v) is 7.13. The van der Waals surface area contributed by atoms with Gasteiger partial charge in [0.1, 0.15) is 5.75 Å². The van der Waals surface area contributed by atoms with Crippen LogP contribution in [0.1, 0.15) is 23.2 Å².